The molecule has 2 aromatic carbocycles. The van der Waals surface area contributed by atoms with Gasteiger partial charge in [-0.2, -0.15) is 0 Å². The maximum atomic E-state index is 13.3. The number of hydrogen-bond acceptors (Lipinski definition) is 4. The molecule has 0 bridgehead atoms. The molecular formula is C22H20FN3O3S. The fourth-order valence-electron chi connectivity index (χ4n) is 2.69. The van der Waals surface area contributed by atoms with Crippen LogP contribution in [0, 0.1) is 12.7 Å². The van der Waals surface area contributed by atoms with Crippen molar-refractivity contribution in [3.8, 4) is 0 Å². The summed E-state index contributed by atoms with van der Waals surface area (Å²) in [5.41, 5.74) is 2.01. The quantitative estimate of drug-likeness (QED) is 0.517. The van der Waals surface area contributed by atoms with Gasteiger partial charge in [-0.3, -0.25) is 14.4 Å². The van der Waals surface area contributed by atoms with E-state index in [4.69, 9.17) is 0 Å². The van der Waals surface area contributed by atoms with E-state index in [2.05, 4.69) is 16.0 Å². The number of carbonyl (C=O) groups excluding carboxylic acids is 3. The second kappa shape index (κ2) is 9.32. The molecule has 1 heterocycles. The summed E-state index contributed by atoms with van der Waals surface area (Å²) < 4.78 is 13.3. The van der Waals surface area contributed by atoms with Gasteiger partial charge in [0, 0.05) is 23.4 Å². The number of halogens is 1. The van der Waals surface area contributed by atoms with Gasteiger partial charge in [-0.05, 0) is 55.0 Å². The van der Waals surface area contributed by atoms with Crippen LogP contribution in [-0.2, 0) is 4.79 Å². The molecule has 154 valence electrons. The van der Waals surface area contributed by atoms with Gasteiger partial charge in [0.1, 0.15) is 5.82 Å². The number of nitrogens with one attached hydrogen (secondary N) is 3. The van der Waals surface area contributed by atoms with Gasteiger partial charge in [-0.1, -0.05) is 19.1 Å². The molecule has 3 rings (SSSR count). The highest BCUT2D eigenvalue weighted by Gasteiger charge is 2.16. The van der Waals surface area contributed by atoms with E-state index in [0.717, 1.165) is 17.4 Å². The second-order valence-corrected chi connectivity index (χ2v) is 7.58. The van der Waals surface area contributed by atoms with Crippen LogP contribution in [-0.4, -0.2) is 17.7 Å². The molecule has 0 aliphatic heterocycles. The van der Waals surface area contributed by atoms with Crippen molar-refractivity contribution < 1.29 is 18.8 Å². The molecule has 8 heteroatoms. The van der Waals surface area contributed by atoms with Gasteiger partial charge in [0.15, 0.2) is 0 Å². The number of carbonyl (C=O) groups is 3. The zero-order chi connectivity index (χ0) is 21.7. The van der Waals surface area contributed by atoms with E-state index in [0.29, 0.717) is 33.2 Å². The van der Waals surface area contributed by atoms with Crippen molar-refractivity contribution in [3.63, 3.8) is 0 Å². The first kappa shape index (κ1) is 21.2. The SMILES string of the molecule is CCC(=O)Nc1cccc(NC(=O)c2sc(NC(=O)c3cccc(F)c3)cc2C)c1. The number of benzene rings is 2. The minimum Gasteiger partial charge on any atom is -0.326 e. The predicted octanol–water partition coefficient (Wildman–Crippen LogP) is 5.05. The molecular weight excluding hydrogens is 405 g/mol. The van der Waals surface area contributed by atoms with Crippen molar-refractivity contribution >= 4 is 45.4 Å². The van der Waals surface area contributed by atoms with Gasteiger partial charge in [0.2, 0.25) is 5.91 Å². The van der Waals surface area contributed by atoms with Crippen molar-refractivity contribution in [2.75, 3.05) is 16.0 Å². The van der Waals surface area contributed by atoms with Gasteiger partial charge in [0.05, 0.1) is 9.88 Å². The van der Waals surface area contributed by atoms with E-state index < -0.39 is 11.7 Å². The zero-order valence-corrected chi connectivity index (χ0v) is 17.2. The molecule has 3 aromatic rings. The highest BCUT2D eigenvalue weighted by Crippen LogP contribution is 2.28. The Morgan fingerprint density at radius 3 is 2.30 bits per heavy atom. The molecule has 0 atom stereocenters. The highest BCUT2D eigenvalue weighted by molar-refractivity contribution is 7.18. The van der Waals surface area contributed by atoms with Crippen molar-refractivity contribution in [1.82, 2.24) is 0 Å². The van der Waals surface area contributed by atoms with Crippen molar-refractivity contribution in [2.24, 2.45) is 0 Å². The first-order valence-corrected chi connectivity index (χ1v) is 10.1. The van der Waals surface area contributed by atoms with E-state index in [9.17, 15) is 18.8 Å². The van der Waals surface area contributed by atoms with Crippen molar-refractivity contribution in [3.05, 3.63) is 76.4 Å². The summed E-state index contributed by atoms with van der Waals surface area (Å²) in [5.74, 6) is -1.40. The van der Waals surface area contributed by atoms with Crippen LogP contribution in [0.15, 0.2) is 54.6 Å². The van der Waals surface area contributed by atoms with Crippen LogP contribution in [0.4, 0.5) is 20.8 Å². The van der Waals surface area contributed by atoms with Crippen LogP contribution < -0.4 is 16.0 Å². The van der Waals surface area contributed by atoms with Gasteiger partial charge >= 0.3 is 0 Å². The molecule has 0 radical (unpaired) electrons. The Labute approximate surface area is 177 Å². The molecule has 30 heavy (non-hydrogen) atoms. The molecule has 0 aliphatic carbocycles. The standard InChI is InChI=1S/C22H20FN3O3S/c1-3-18(27)24-16-8-5-9-17(12-16)25-22(29)20-13(2)10-19(30-20)26-21(28)14-6-4-7-15(23)11-14/h4-12H,3H2,1-2H3,(H,24,27)(H,25,29)(H,26,28). The van der Waals surface area contributed by atoms with Gasteiger partial charge in [0.25, 0.3) is 11.8 Å². The maximum absolute atomic E-state index is 13.3. The van der Waals surface area contributed by atoms with Crippen LogP contribution >= 0.6 is 11.3 Å². The summed E-state index contributed by atoms with van der Waals surface area (Å²) in [6, 6.07) is 13.9. The third-order valence-corrected chi connectivity index (χ3v) is 5.32. The number of rotatable bonds is 6. The summed E-state index contributed by atoms with van der Waals surface area (Å²) in [5, 5.41) is 8.70. The summed E-state index contributed by atoms with van der Waals surface area (Å²) in [4.78, 5) is 37.0. The van der Waals surface area contributed by atoms with Crippen LogP contribution in [0.25, 0.3) is 0 Å². The molecule has 3 N–H and O–H groups in total. The van der Waals surface area contributed by atoms with E-state index in [-0.39, 0.29) is 17.4 Å². The summed E-state index contributed by atoms with van der Waals surface area (Å²) in [6.45, 7) is 3.52. The monoisotopic (exact) mass is 425 g/mol. The molecule has 0 aliphatic rings. The minimum atomic E-state index is -0.498. The number of anilines is 3. The summed E-state index contributed by atoms with van der Waals surface area (Å²) in [6.07, 6.45) is 0.356. The second-order valence-electron chi connectivity index (χ2n) is 6.52. The molecule has 6 nitrogen and oxygen atoms in total. The van der Waals surface area contributed by atoms with E-state index in [1.807, 2.05) is 0 Å². The topological polar surface area (TPSA) is 87.3 Å². The Kier molecular flexibility index (Phi) is 6.58. The lowest BCUT2D eigenvalue weighted by molar-refractivity contribution is -0.115. The molecule has 1 aromatic heterocycles. The average molecular weight is 425 g/mol. The average Bonchev–Trinajstić information content (AvgIpc) is 3.08. The van der Waals surface area contributed by atoms with Crippen LogP contribution in [0.5, 0.6) is 0 Å². The largest absolute Gasteiger partial charge is 0.326 e. The lowest BCUT2D eigenvalue weighted by atomic mass is 10.2. The lowest BCUT2D eigenvalue weighted by Crippen LogP contribution is -2.13. The minimum absolute atomic E-state index is 0.119. The lowest BCUT2D eigenvalue weighted by Gasteiger charge is -2.08. The first-order valence-electron chi connectivity index (χ1n) is 9.24. The Morgan fingerprint density at radius 1 is 0.900 bits per heavy atom. The van der Waals surface area contributed by atoms with Crippen LogP contribution in [0.1, 0.15) is 38.9 Å². The number of hydrogen-bond donors (Lipinski definition) is 3. The molecule has 0 unspecified atom stereocenters. The summed E-state index contributed by atoms with van der Waals surface area (Å²) in [7, 11) is 0. The molecule has 0 spiro atoms. The third-order valence-electron chi connectivity index (χ3n) is 4.17. The Morgan fingerprint density at radius 2 is 1.60 bits per heavy atom. The Bertz CT molecular complexity index is 1110. The van der Waals surface area contributed by atoms with Crippen molar-refractivity contribution in [2.45, 2.75) is 20.3 Å². The summed E-state index contributed by atoms with van der Waals surface area (Å²) >= 11 is 1.13. The smallest absolute Gasteiger partial charge is 0.266 e. The zero-order valence-electron chi connectivity index (χ0n) is 16.4. The molecule has 0 saturated carbocycles. The number of thiophene rings is 1. The van der Waals surface area contributed by atoms with Gasteiger partial charge in [-0.25, -0.2) is 4.39 Å². The molecule has 0 fully saturated rings. The molecule has 0 saturated heterocycles. The van der Waals surface area contributed by atoms with Crippen LogP contribution in [0.3, 0.4) is 0 Å². The third kappa shape index (κ3) is 5.30. The van der Waals surface area contributed by atoms with E-state index >= 15 is 0 Å². The normalized spacial score (nSPS) is 10.4. The number of aryl methyl sites for hydroxylation is 1. The highest BCUT2D eigenvalue weighted by atomic mass is 32.1. The van der Waals surface area contributed by atoms with E-state index in [1.165, 1.54) is 18.2 Å². The van der Waals surface area contributed by atoms with Gasteiger partial charge < -0.3 is 16.0 Å². The predicted molar refractivity (Wildman–Crippen MR) is 117 cm³/mol. The molecule has 3 amide bonds. The van der Waals surface area contributed by atoms with Crippen molar-refractivity contribution in [1.29, 1.82) is 0 Å². The Balaban J connectivity index is 1.70. The van der Waals surface area contributed by atoms with Gasteiger partial charge in [-0.15, -0.1) is 11.3 Å². The first-order chi connectivity index (χ1) is 14.4. The van der Waals surface area contributed by atoms with E-state index in [1.54, 1.807) is 44.2 Å². The maximum Gasteiger partial charge on any atom is 0.266 e. The fourth-order valence-corrected chi connectivity index (χ4v) is 3.66. The fraction of sp³-hybridized carbons (Fsp3) is 0.136. The van der Waals surface area contributed by atoms with Crippen LogP contribution in [0.2, 0.25) is 0 Å². The number of amides is 3. The Hall–Kier alpha value is -3.52.